The first-order chi connectivity index (χ1) is 10.1. The molecule has 1 atom stereocenters. The van der Waals surface area contributed by atoms with Crippen LogP contribution in [0.1, 0.15) is 35.1 Å². The van der Waals surface area contributed by atoms with Crippen LogP contribution in [-0.2, 0) is 6.42 Å². The van der Waals surface area contributed by atoms with Gasteiger partial charge in [-0.2, -0.15) is 0 Å². The normalized spacial score (nSPS) is 12.4. The Morgan fingerprint density at radius 3 is 2.48 bits per heavy atom. The van der Waals surface area contributed by atoms with Crippen LogP contribution in [0.25, 0.3) is 0 Å². The Morgan fingerprint density at radius 2 is 1.81 bits per heavy atom. The summed E-state index contributed by atoms with van der Waals surface area (Å²) in [6, 6.07) is 14.9. The maximum atomic E-state index is 6.39. The summed E-state index contributed by atoms with van der Waals surface area (Å²) in [7, 11) is 0. The molecule has 0 aliphatic heterocycles. The summed E-state index contributed by atoms with van der Waals surface area (Å²) in [6.45, 7) is 8.40. The van der Waals surface area contributed by atoms with E-state index in [0.717, 1.165) is 24.5 Å². The molecular formula is C19H24ClN. The van der Waals surface area contributed by atoms with Crippen LogP contribution >= 0.6 is 11.6 Å². The standard InChI is InChI=1S/C19H24ClN/c1-4-21-13-17(18-7-5-6-8-19(18)20)12-16-10-9-14(2)15(3)11-16/h5-11,17,21H,4,12-13H2,1-3H3. The van der Waals surface area contributed by atoms with Crippen molar-refractivity contribution in [2.45, 2.75) is 33.1 Å². The van der Waals surface area contributed by atoms with Crippen molar-refractivity contribution < 1.29 is 0 Å². The summed E-state index contributed by atoms with van der Waals surface area (Å²) in [6.07, 6.45) is 1.01. The van der Waals surface area contributed by atoms with Crippen LogP contribution in [0.15, 0.2) is 42.5 Å². The number of halogens is 1. The van der Waals surface area contributed by atoms with Gasteiger partial charge >= 0.3 is 0 Å². The van der Waals surface area contributed by atoms with Crippen molar-refractivity contribution in [3.63, 3.8) is 0 Å². The molecule has 0 aliphatic carbocycles. The molecule has 1 nitrogen and oxygen atoms in total. The Bertz CT molecular complexity index is 592. The van der Waals surface area contributed by atoms with Crippen LogP contribution in [0.2, 0.25) is 5.02 Å². The van der Waals surface area contributed by atoms with Gasteiger partial charge in [0, 0.05) is 17.5 Å². The van der Waals surface area contributed by atoms with Gasteiger partial charge in [-0.1, -0.05) is 54.9 Å². The SMILES string of the molecule is CCNCC(Cc1ccc(C)c(C)c1)c1ccccc1Cl. The molecule has 21 heavy (non-hydrogen) atoms. The topological polar surface area (TPSA) is 12.0 Å². The van der Waals surface area contributed by atoms with E-state index in [-0.39, 0.29) is 0 Å². The molecule has 0 amide bonds. The predicted octanol–water partition coefficient (Wildman–Crippen LogP) is 4.89. The van der Waals surface area contributed by atoms with E-state index in [1.54, 1.807) is 0 Å². The van der Waals surface area contributed by atoms with E-state index < -0.39 is 0 Å². The molecule has 0 aliphatic rings. The Balaban J connectivity index is 2.24. The van der Waals surface area contributed by atoms with Gasteiger partial charge in [0.2, 0.25) is 0 Å². The molecule has 1 N–H and O–H groups in total. The second-order valence-corrected chi connectivity index (χ2v) is 6.06. The molecule has 0 fully saturated rings. The number of benzene rings is 2. The summed E-state index contributed by atoms with van der Waals surface area (Å²) in [5.74, 6) is 0.403. The zero-order valence-electron chi connectivity index (χ0n) is 13.1. The van der Waals surface area contributed by atoms with Crippen molar-refractivity contribution >= 4 is 11.6 Å². The Kier molecular flexibility index (Phi) is 5.84. The third-order valence-corrected chi connectivity index (χ3v) is 4.38. The number of rotatable bonds is 6. The zero-order valence-corrected chi connectivity index (χ0v) is 13.9. The van der Waals surface area contributed by atoms with Gasteiger partial charge < -0.3 is 5.32 Å². The molecule has 0 saturated heterocycles. The van der Waals surface area contributed by atoms with E-state index in [2.05, 4.69) is 56.4 Å². The average Bonchev–Trinajstić information content (AvgIpc) is 2.48. The van der Waals surface area contributed by atoms with Crippen LogP contribution in [-0.4, -0.2) is 13.1 Å². The number of aryl methyl sites for hydroxylation is 2. The molecule has 0 spiro atoms. The highest BCUT2D eigenvalue weighted by molar-refractivity contribution is 6.31. The predicted molar refractivity (Wildman–Crippen MR) is 92.4 cm³/mol. The van der Waals surface area contributed by atoms with E-state index in [9.17, 15) is 0 Å². The lowest BCUT2D eigenvalue weighted by Gasteiger charge is -2.20. The smallest absolute Gasteiger partial charge is 0.0441 e. The zero-order chi connectivity index (χ0) is 15.2. The molecule has 112 valence electrons. The maximum absolute atomic E-state index is 6.39. The lowest BCUT2D eigenvalue weighted by molar-refractivity contribution is 0.595. The van der Waals surface area contributed by atoms with Crippen LogP contribution in [0.4, 0.5) is 0 Å². The van der Waals surface area contributed by atoms with Crippen LogP contribution in [0.5, 0.6) is 0 Å². The summed E-state index contributed by atoms with van der Waals surface area (Å²) in [4.78, 5) is 0. The third-order valence-electron chi connectivity index (χ3n) is 4.04. The molecule has 2 rings (SSSR count). The number of hydrogen-bond donors (Lipinski definition) is 1. The van der Waals surface area contributed by atoms with Gasteiger partial charge in [0.15, 0.2) is 0 Å². The monoisotopic (exact) mass is 301 g/mol. The highest BCUT2D eigenvalue weighted by Gasteiger charge is 2.15. The quantitative estimate of drug-likeness (QED) is 0.801. The van der Waals surface area contributed by atoms with Gasteiger partial charge in [0.1, 0.15) is 0 Å². The highest BCUT2D eigenvalue weighted by Crippen LogP contribution is 2.27. The third kappa shape index (κ3) is 4.33. The van der Waals surface area contributed by atoms with Gasteiger partial charge in [-0.25, -0.2) is 0 Å². The Labute approximate surface area is 133 Å². The van der Waals surface area contributed by atoms with Crippen LogP contribution < -0.4 is 5.32 Å². The largest absolute Gasteiger partial charge is 0.316 e. The van der Waals surface area contributed by atoms with Crippen molar-refractivity contribution in [1.29, 1.82) is 0 Å². The second-order valence-electron chi connectivity index (χ2n) is 5.65. The van der Waals surface area contributed by atoms with Crippen molar-refractivity contribution in [2.24, 2.45) is 0 Å². The molecule has 0 aromatic heterocycles. The van der Waals surface area contributed by atoms with Crippen LogP contribution in [0, 0.1) is 13.8 Å². The van der Waals surface area contributed by atoms with Gasteiger partial charge in [-0.15, -0.1) is 0 Å². The van der Waals surface area contributed by atoms with E-state index in [0.29, 0.717) is 5.92 Å². The van der Waals surface area contributed by atoms with E-state index in [4.69, 9.17) is 11.6 Å². The van der Waals surface area contributed by atoms with Crippen molar-refractivity contribution in [3.8, 4) is 0 Å². The van der Waals surface area contributed by atoms with Gasteiger partial charge in [0.05, 0.1) is 0 Å². The van der Waals surface area contributed by atoms with Crippen molar-refractivity contribution in [1.82, 2.24) is 5.32 Å². The van der Waals surface area contributed by atoms with Gasteiger partial charge in [-0.3, -0.25) is 0 Å². The first kappa shape index (κ1) is 16.1. The van der Waals surface area contributed by atoms with Crippen molar-refractivity contribution in [2.75, 3.05) is 13.1 Å². The summed E-state index contributed by atoms with van der Waals surface area (Å²) >= 11 is 6.39. The van der Waals surface area contributed by atoms with Gasteiger partial charge in [-0.05, 0) is 55.1 Å². The Morgan fingerprint density at radius 1 is 1.05 bits per heavy atom. The fourth-order valence-electron chi connectivity index (χ4n) is 2.63. The molecular weight excluding hydrogens is 278 g/mol. The lowest BCUT2D eigenvalue weighted by atomic mass is 9.90. The van der Waals surface area contributed by atoms with E-state index in [1.165, 1.54) is 22.3 Å². The molecule has 1 unspecified atom stereocenters. The number of likely N-dealkylation sites (N-methyl/N-ethyl adjacent to an activating group) is 1. The first-order valence-corrected chi connectivity index (χ1v) is 8.01. The minimum atomic E-state index is 0.403. The molecule has 0 saturated carbocycles. The molecule has 0 heterocycles. The molecule has 0 bridgehead atoms. The summed E-state index contributed by atoms with van der Waals surface area (Å²) in [5.41, 5.74) is 5.31. The molecule has 2 aromatic carbocycles. The summed E-state index contributed by atoms with van der Waals surface area (Å²) < 4.78 is 0. The van der Waals surface area contributed by atoms with Crippen molar-refractivity contribution in [3.05, 3.63) is 69.7 Å². The average molecular weight is 302 g/mol. The van der Waals surface area contributed by atoms with Gasteiger partial charge in [0.25, 0.3) is 0 Å². The first-order valence-electron chi connectivity index (χ1n) is 7.63. The number of nitrogens with one attached hydrogen (secondary N) is 1. The maximum Gasteiger partial charge on any atom is 0.0441 e. The minimum absolute atomic E-state index is 0.403. The Hall–Kier alpha value is -1.31. The highest BCUT2D eigenvalue weighted by atomic mass is 35.5. The van der Waals surface area contributed by atoms with E-state index in [1.807, 2.05) is 12.1 Å². The lowest BCUT2D eigenvalue weighted by Crippen LogP contribution is -2.23. The summed E-state index contributed by atoms with van der Waals surface area (Å²) in [5, 5.41) is 4.33. The second kappa shape index (κ2) is 7.63. The molecule has 0 radical (unpaired) electrons. The molecule has 2 heteroatoms. The van der Waals surface area contributed by atoms with Crippen LogP contribution in [0.3, 0.4) is 0 Å². The molecule has 2 aromatic rings. The fraction of sp³-hybridized carbons (Fsp3) is 0.368. The number of hydrogen-bond acceptors (Lipinski definition) is 1. The fourth-order valence-corrected chi connectivity index (χ4v) is 2.92. The van der Waals surface area contributed by atoms with E-state index >= 15 is 0 Å². The minimum Gasteiger partial charge on any atom is -0.316 e.